The first-order valence-corrected chi connectivity index (χ1v) is 10.0. The molecule has 1 atom stereocenters. The Balaban J connectivity index is 1.63. The smallest absolute Gasteiger partial charge is 0.238 e. The fourth-order valence-corrected chi connectivity index (χ4v) is 3.55. The SMILES string of the molecule is CCc1ccc(NC(=O)C2CC(=O)N/C(=N/N=C/c3ccc(Cl)cc3)S2)cc1. The summed E-state index contributed by atoms with van der Waals surface area (Å²) in [5, 5.41) is 13.8. The molecule has 2 aromatic rings. The van der Waals surface area contributed by atoms with Crippen LogP contribution in [0.2, 0.25) is 5.02 Å². The monoisotopic (exact) mass is 414 g/mol. The van der Waals surface area contributed by atoms with Gasteiger partial charge < -0.3 is 10.6 Å². The van der Waals surface area contributed by atoms with Gasteiger partial charge in [0.15, 0.2) is 5.17 Å². The molecule has 144 valence electrons. The third kappa shape index (κ3) is 5.68. The summed E-state index contributed by atoms with van der Waals surface area (Å²) in [7, 11) is 0. The lowest BCUT2D eigenvalue weighted by molar-refractivity contribution is -0.123. The average Bonchev–Trinajstić information content (AvgIpc) is 2.69. The minimum absolute atomic E-state index is 0.0868. The molecule has 2 aromatic carbocycles. The molecular formula is C20H19ClN4O2S. The number of carbonyl (C=O) groups excluding carboxylic acids is 2. The van der Waals surface area contributed by atoms with Gasteiger partial charge in [-0.1, -0.05) is 54.6 Å². The summed E-state index contributed by atoms with van der Waals surface area (Å²) in [5.74, 6) is -0.501. The van der Waals surface area contributed by atoms with E-state index in [1.807, 2.05) is 24.3 Å². The van der Waals surface area contributed by atoms with Crippen LogP contribution in [-0.2, 0) is 16.0 Å². The number of thioether (sulfide) groups is 1. The summed E-state index contributed by atoms with van der Waals surface area (Å²) >= 11 is 7.02. The number of anilines is 1. The summed E-state index contributed by atoms with van der Waals surface area (Å²) in [6.07, 6.45) is 2.57. The highest BCUT2D eigenvalue weighted by molar-refractivity contribution is 8.15. The molecule has 1 aliphatic rings. The normalized spacial score (nSPS) is 18.3. The van der Waals surface area contributed by atoms with Crippen LogP contribution in [0.25, 0.3) is 0 Å². The summed E-state index contributed by atoms with van der Waals surface area (Å²) in [6, 6.07) is 14.8. The molecule has 0 bridgehead atoms. The molecule has 8 heteroatoms. The van der Waals surface area contributed by atoms with Crippen LogP contribution in [0.1, 0.15) is 24.5 Å². The number of halogens is 1. The number of amidine groups is 1. The van der Waals surface area contributed by atoms with Gasteiger partial charge in [0.2, 0.25) is 11.8 Å². The van der Waals surface area contributed by atoms with Crippen LogP contribution in [0.5, 0.6) is 0 Å². The lowest BCUT2D eigenvalue weighted by atomic mass is 10.1. The van der Waals surface area contributed by atoms with Crippen molar-refractivity contribution in [2.75, 3.05) is 5.32 Å². The number of hydrogen-bond acceptors (Lipinski definition) is 5. The molecule has 3 rings (SSSR count). The molecule has 1 saturated heterocycles. The van der Waals surface area contributed by atoms with Crippen molar-refractivity contribution in [3.8, 4) is 0 Å². The van der Waals surface area contributed by atoms with Crippen LogP contribution >= 0.6 is 23.4 Å². The van der Waals surface area contributed by atoms with E-state index >= 15 is 0 Å². The molecule has 0 aliphatic carbocycles. The van der Waals surface area contributed by atoms with Gasteiger partial charge in [-0.25, -0.2) is 0 Å². The van der Waals surface area contributed by atoms with E-state index in [-0.39, 0.29) is 18.2 Å². The zero-order chi connectivity index (χ0) is 19.9. The van der Waals surface area contributed by atoms with Gasteiger partial charge in [-0.2, -0.15) is 5.10 Å². The first-order valence-electron chi connectivity index (χ1n) is 8.76. The second-order valence-corrected chi connectivity index (χ2v) is 7.73. The number of aryl methyl sites for hydroxylation is 1. The summed E-state index contributed by atoms with van der Waals surface area (Å²) < 4.78 is 0. The third-order valence-corrected chi connectivity index (χ3v) is 5.34. The first-order chi connectivity index (χ1) is 13.5. The van der Waals surface area contributed by atoms with Gasteiger partial charge in [0.1, 0.15) is 5.25 Å². The van der Waals surface area contributed by atoms with Crippen molar-refractivity contribution in [3.05, 3.63) is 64.7 Å². The highest BCUT2D eigenvalue weighted by atomic mass is 35.5. The molecule has 1 fully saturated rings. The maximum atomic E-state index is 12.5. The van der Waals surface area contributed by atoms with Crippen molar-refractivity contribution in [1.29, 1.82) is 0 Å². The quantitative estimate of drug-likeness (QED) is 0.575. The largest absolute Gasteiger partial charge is 0.325 e. The first kappa shape index (κ1) is 20.1. The van der Waals surface area contributed by atoms with Crippen LogP contribution in [0.3, 0.4) is 0 Å². The van der Waals surface area contributed by atoms with Crippen LogP contribution in [0.15, 0.2) is 58.7 Å². The molecule has 2 amide bonds. The highest BCUT2D eigenvalue weighted by Gasteiger charge is 2.30. The molecule has 28 heavy (non-hydrogen) atoms. The Kier molecular flexibility index (Phi) is 6.84. The zero-order valence-corrected chi connectivity index (χ0v) is 16.8. The number of amides is 2. The Bertz CT molecular complexity index is 911. The molecule has 2 N–H and O–H groups in total. The predicted octanol–water partition coefficient (Wildman–Crippen LogP) is 3.85. The molecular weight excluding hydrogens is 396 g/mol. The molecule has 0 radical (unpaired) electrons. The van der Waals surface area contributed by atoms with E-state index in [1.165, 1.54) is 17.3 Å². The molecule has 1 heterocycles. The van der Waals surface area contributed by atoms with Crippen molar-refractivity contribution in [1.82, 2.24) is 5.32 Å². The Hall–Kier alpha value is -2.64. The van der Waals surface area contributed by atoms with Gasteiger partial charge in [0.25, 0.3) is 0 Å². The lowest BCUT2D eigenvalue weighted by Crippen LogP contribution is -2.41. The van der Waals surface area contributed by atoms with Crippen molar-refractivity contribution >= 4 is 52.2 Å². The topological polar surface area (TPSA) is 82.9 Å². The number of rotatable bonds is 5. The standard InChI is InChI=1S/C20H19ClN4O2S/c1-2-13-5-9-16(10-6-13)23-19(27)17-11-18(26)24-20(28-17)25-22-12-14-3-7-15(21)8-4-14/h3-10,12,17H,2,11H2,1H3,(H,23,27)(H,24,25,26)/b22-12+. The second kappa shape index (κ2) is 9.52. The molecule has 1 aliphatic heterocycles. The van der Waals surface area contributed by atoms with Gasteiger partial charge >= 0.3 is 0 Å². The minimum atomic E-state index is -0.566. The maximum Gasteiger partial charge on any atom is 0.238 e. The highest BCUT2D eigenvalue weighted by Crippen LogP contribution is 2.22. The molecule has 0 saturated carbocycles. The van der Waals surface area contributed by atoms with Gasteiger partial charge in [-0.15, -0.1) is 5.10 Å². The van der Waals surface area contributed by atoms with Crippen molar-refractivity contribution in [2.24, 2.45) is 10.2 Å². The number of hydrogen-bond donors (Lipinski definition) is 2. The number of nitrogens with one attached hydrogen (secondary N) is 2. The van der Waals surface area contributed by atoms with E-state index < -0.39 is 5.25 Å². The molecule has 1 unspecified atom stereocenters. The average molecular weight is 415 g/mol. The van der Waals surface area contributed by atoms with Crippen LogP contribution in [0.4, 0.5) is 5.69 Å². The number of nitrogens with zero attached hydrogens (tertiary/aromatic N) is 2. The van der Waals surface area contributed by atoms with E-state index in [2.05, 4.69) is 27.8 Å². The molecule has 6 nitrogen and oxygen atoms in total. The lowest BCUT2D eigenvalue weighted by Gasteiger charge is -2.21. The summed E-state index contributed by atoms with van der Waals surface area (Å²) in [4.78, 5) is 24.5. The van der Waals surface area contributed by atoms with Gasteiger partial charge in [0.05, 0.1) is 6.21 Å². The zero-order valence-electron chi connectivity index (χ0n) is 15.2. The van der Waals surface area contributed by atoms with Gasteiger partial charge in [0, 0.05) is 17.1 Å². The van der Waals surface area contributed by atoms with E-state index in [0.717, 1.165) is 12.0 Å². The second-order valence-electron chi connectivity index (χ2n) is 6.10. The summed E-state index contributed by atoms with van der Waals surface area (Å²) in [6.45, 7) is 2.07. The Labute approximate surface area is 172 Å². The van der Waals surface area contributed by atoms with Gasteiger partial charge in [-0.05, 0) is 41.8 Å². The Morgan fingerprint density at radius 3 is 2.64 bits per heavy atom. The Morgan fingerprint density at radius 1 is 1.25 bits per heavy atom. The minimum Gasteiger partial charge on any atom is -0.325 e. The van der Waals surface area contributed by atoms with Gasteiger partial charge in [-0.3, -0.25) is 9.59 Å². The number of carbonyl (C=O) groups is 2. The fraction of sp³-hybridized carbons (Fsp3) is 0.200. The van der Waals surface area contributed by atoms with E-state index in [0.29, 0.717) is 15.9 Å². The maximum absolute atomic E-state index is 12.5. The van der Waals surface area contributed by atoms with E-state index in [4.69, 9.17) is 11.6 Å². The summed E-state index contributed by atoms with van der Waals surface area (Å²) in [5.41, 5.74) is 2.72. The van der Waals surface area contributed by atoms with Crippen LogP contribution in [-0.4, -0.2) is 28.4 Å². The molecule has 0 spiro atoms. The van der Waals surface area contributed by atoms with Crippen molar-refractivity contribution < 1.29 is 9.59 Å². The van der Waals surface area contributed by atoms with E-state index in [9.17, 15) is 9.59 Å². The van der Waals surface area contributed by atoms with Crippen molar-refractivity contribution in [2.45, 2.75) is 25.0 Å². The van der Waals surface area contributed by atoms with Crippen LogP contribution in [0, 0.1) is 0 Å². The van der Waals surface area contributed by atoms with Crippen molar-refractivity contribution in [3.63, 3.8) is 0 Å². The Morgan fingerprint density at radius 2 is 1.96 bits per heavy atom. The number of benzene rings is 2. The van der Waals surface area contributed by atoms with Crippen LogP contribution < -0.4 is 10.6 Å². The van der Waals surface area contributed by atoms with E-state index in [1.54, 1.807) is 30.5 Å². The third-order valence-electron chi connectivity index (χ3n) is 4.02. The molecule has 0 aromatic heterocycles. The fourth-order valence-electron chi connectivity index (χ4n) is 2.48. The predicted molar refractivity (Wildman–Crippen MR) is 115 cm³/mol.